The van der Waals surface area contributed by atoms with Gasteiger partial charge >= 0.3 is 11.9 Å². The highest BCUT2D eigenvalue weighted by Gasteiger charge is 2.26. The highest BCUT2D eigenvalue weighted by atomic mass is 35.5. The molecule has 1 N–H and O–H groups in total. The van der Waals surface area contributed by atoms with Crippen LogP contribution in [0.3, 0.4) is 0 Å². The van der Waals surface area contributed by atoms with Crippen molar-refractivity contribution in [2.24, 2.45) is 0 Å². The van der Waals surface area contributed by atoms with Gasteiger partial charge in [0.25, 0.3) is 0 Å². The molecule has 0 atom stereocenters. The van der Waals surface area contributed by atoms with E-state index in [9.17, 15) is 14.4 Å². The second kappa shape index (κ2) is 8.33. The first-order valence-corrected chi connectivity index (χ1v) is 8.77. The lowest BCUT2D eigenvalue weighted by molar-refractivity contribution is -0.116. The first kappa shape index (κ1) is 19.9. The number of esters is 2. The average Bonchev–Trinajstić information content (AvgIpc) is 3.11. The predicted octanol–water partition coefficient (Wildman–Crippen LogP) is 2.82. The normalized spacial score (nSPS) is 10.5. The SMILES string of the molecule is COC(=O)c1sc(NC(=O)CCn2cc(Cl)c(C)n2)c(C(=O)OC)c1C. The summed E-state index contributed by atoms with van der Waals surface area (Å²) in [5.74, 6) is -1.56. The van der Waals surface area contributed by atoms with Crippen LogP contribution >= 0.6 is 22.9 Å². The number of halogens is 1. The van der Waals surface area contributed by atoms with Gasteiger partial charge in [-0.2, -0.15) is 5.10 Å². The highest BCUT2D eigenvalue weighted by molar-refractivity contribution is 7.18. The van der Waals surface area contributed by atoms with E-state index >= 15 is 0 Å². The molecule has 0 saturated heterocycles. The summed E-state index contributed by atoms with van der Waals surface area (Å²) in [7, 11) is 2.47. The Balaban J connectivity index is 2.17. The van der Waals surface area contributed by atoms with E-state index in [-0.39, 0.29) is 27.8 Å². The zero-order chi connectivity index (χ0) is 19.4. The van der Waals surface area contributed by atoms with Crippen molar-refractivity contribution in [1.29, 1.82) is 0 Å². The van der Waals surface area contributed by atoms with Gasteiger partial charge in [0.15, 0.2) is 0 Å². The van der Waals surface area contributed by atoms with Crippen LogP contribution in [0.5, 0.6) is 0 Å². The van der Waals surface area contributed by atoms with Gasteiger partial charge in [0, 0.05) is 19.2 Å². The Morgan fingerprint density at radius 3 is 2.42 bits per heavy atom. The zero-order valence-electron chi connectivity index (χ0n) is 14.7. The average molecular weight is 400 g/mol. The summed E-state index contributed by atoms with van der Waals surface area (Å²) in [4.78, 5) is 36.4. The van der Waals surface area contributed by atoms with Gasteiger partial charge in [0.1, 0.15) is 9.88 Å². The molecule has 0 aromatic carbocycles. The number of methoxy groups -OCH3 is 2. The maximum absolute atomic E-state index is 12.3. The number of nitrogens with zero attached hydrogens (tertiary/aromatic N) is 2. The number of thiophene rings is 1. The molecule has 2 aromatic rings. The molecule has 0 spiro atoms. The number of aromatic nitrogens is 2. The van der Waals surface area contributed by atoms with Crippen LogP contribution in [0.1, 0.15) is 37.7 Å². The maximum atomic E-state index is 12.3. The molecular formula is C16H18ClN3O5S. The Kier molecular flexibility index (Phi) is 6.38. The van der Waals surface area contributed by atoms with E-state index in [1.807, 2.05) is 0 Å². The van der Waals surface area contributed by atoms with E-state index < -0.39 is 11.9 Å². The third kappa shape index (κ3) is 4.23. The number of hydrogen-bond donors (Lipinski definition) is 1. The van der Waals surface area contributed by atoms with Crippen LogP contribution in [0, 0.1) is 13.8 Å². The fourth-order valence-electron chi connectivity index (χ4n) is 2.25. The maximum Gasteiger partial charge on any atom is 0.348 e. The quantitative estimate of drug-likeness (QED) is 0.750. The number of anilines is 1. The number of carbonyl (C=O) groups is 3. The summed E-state index contributed by atoms with van der Waals surface area (Å²) in [5.41, 5.74) is 1.22. The van der Waals surface area contributed by atoms with Gasteiger partial charge in [0.2, 0.25) is 5.91 Å². The minimum Gasteiger partial charge on any atom is -0.465 e. The number of hydrogen-bond acceptors (Lipinski definition) is 7. The lowest BCUT2D eigenvalue weighted by Crippen LogP contribution is -2.16. The molecule has 8 nitrogen and oxygen atoms in total. The molecule has 140 valence electrons. The van der Waals surface area contributed by atoms with Crippen molar-refractivity contribution in [3.8, 4) is 0 Å². The molecule has 10 heteroatoms. The standard InChI is InChI=1S/C16H18ClN3O5S/c1-8-12(15(22)24-3)14(26-13(8)16(23)25-4)18-11(21)5-6-20-7-10(17)9(2)19-20/h7H,5-6H2,1-4H3,(H,18,21). The van der Waals surface area contributed by atoms with Crippen LogP contribution in [0.4, 0.5) is 5.00 Å². The molecule has 0 radical (unpaired) electrons. The molecule has 0 unspecified atom stereocenters. The van der Waals surface area contributed by atoms with Crippen LogP contribution in [-0.2, 0) is 20.8 Å². The topological polar surface area (TPSA) is 99.5 Å². The molecule has 26 heavy (non-hydrogen) atoms. The van der Waals surface area contributed by atoms with E-state index in [0.717, 1.165) is 11.3 Å². The molecular weight excluding hydrogens is 382 g/mol. The van der Waals surface area contributed by atoms with Crippen molar-refractivity contribution in [2.75, 3.05) is 19.5 Å². The van der Waals surface area contributed by atoms with Crippen molar-refractivity contribution in [3.63, 3.8) is 0 Å². The second-order valence-electron chi connectivity index (χ2n) is 5.37. The molecule has 2 heterocycles. The van der Waals surface area contributed by atoms with Crippen molar-refractivity contribution < 1.29 is 23.9 Å². The molecule has 0 saturated carbocycles. The first-order chi connectivity index (χ1) is 12.3. The third-order valence-corrected chi connectivity index (χ3v) is 5.17. The third-order valence-electron chi connectivity index (χ3n) is 3.61. The molecule has 0 fully saturated rings. The minimum absolute atomic E-state index is 0.114. The Morgan fingerprint density at radius 1 is 1.23 bits per heavy atom. The summed E-state index contributed by atoms with van der Waals surface area (Å²) in [5, 5.41) is 7.60. The summed E-state index contributed by atoms with van der Waals surface area (Å²) >= 11 is 6.90. The van der Waals surface area contributed by atoms with Gasteiger partial charge in [-0.15, -0.1) is 11.3 Å². The van der Waals surface area contributed by atoms with Crippen molar-refractivity contribution >= 4 is 45.8 Å². The number of ether oxygens (including phenoxy) is 2. The predicted molar refractivity (Wildman–Crippen MR) is 97.0 cm³/mol. The lowest BCUT2D eigenvalue weighted by atomic mass is 10.1. The monoisotopic (exact) mass is 399 g/mol. The van der Waals surface area contributed by atoms with E-state index in [0.29, 0.717) is 22.8 Å². The van der Waals surface area contributed by atoms with Crippen LogP contribution in [-0.4, -0.2) is 41.8 Å². The number of amides is 1. The summed E-state index contributed by atoms with van der Waals surface area (Å²) in [6.07, 6.45) is 1.75. The summed E-state index contributed by atoms with van der Waals surface area (Å²) in [6.45, 7) is 3.69. The largest absolute Gasteiger partial charge is 0.465 e. The van der Waals surface area contributed by atoms with Gasteiger partial charge in [-0.3, -0.25) is 9.48 Å². The van der Waals surface area contributed by atoms with Gasteiger partial charge in [-0.1, -0.05) is 11.6 Å². The molecule has 0 bridgehead atoms. The molecule has 2 aromatic heterocycles. The summed E-state index contributed by atoms with van der Waals surface area (Å²) < 4.78 is 11.0. The fourth-order valence-corrected chi connectivity index (χ4v) is 3.53. The summed E-state index contributed by atoms with van der Waals surface area (Å²) in [6, 6.07) is 0. The Hall–Kier alpha value is -2.39. The van der Waals surface area contributed by atoms with Crippen molar-refractivity contribution in [3.05, 3.63) is 32.9 Å². The number of rotatable bonds is 6. The van der Waals surface area contributed by atoms with Crippen LogP contribution < -0.4 is 5.32 Å². The van der Waals surface area contributed by atoms with Crippen LogP contribution in [0.2, 0.25) is 5.02 Å². The fraction of sp³-hybridized carbons (Fsp3) is 0.375. The minimum atomic E-state index is -0.640. The van der Waals surface area contributed by atoms with Crippen LogP contribution in [0.25, 0.3) is 0 Å². The van der Waals surface area contributed by atoms with E-state index in [2.05, 4.69) is 10.4 Å². The van der Waals surface area contributed by atoms with Gasteiger partial charge < -0.3 is 14.8 Å². The van der Waals surface area contributed by atoms with Crippen molar-refractivity contribution in [2.45, 2.75) is 26.8 Å². The second-order valence-corrected chi connectivity index (χ2v) is 6.79. The van der Waals surface area contributed by atoms with E-state index in [1.54, 1.807) is 24.7 Å². The van der Waals surface area contributed by atoms with Crippen molar-refractivity contribution in [1.82, 2.24) is 9.78 Å². The van der Waals surface area contributed by atoms with E-state index in [4.69, 9.17) is 21.1 Å². The number of carbonyl (C=O) groups excluding carboxylic acids is 3. The lowest BCUT2D eigenvalue weighted by Gasteiger charge is -2.06. The Labute approximate surface area is 159 Å². The highest BCUT2D eigenvalue weighted by Crippen LogP contribution is 2.34. The Morgan fingerprint density at radius 2 is 1.88 bits per heavy atom. The number of aryl methyl sites for hydroxylation is 2. The van der Waals surface area contributed by atoms with Crippen LogP contribution in [0.15, 0.2) is 6.20 Å². The van der Waals surface area contributed by atoms with E-state index in [1.165, 1.54) is 14.2 Å². The molecule has 0 aliphatic carbocycles. The van der Waals surface area contributed by atoms with Gasteiger partial charge in [-0.25, -0.2) is 9.59 Å². The molecule has 0 aliphatic rings. The first-order valence-electron chi connectivity index (χ1n) is 7.57. The molecule has 2 rings (SSSR count). The Bertz CT molecular complexity index is 839. The van der Waals surface area contributed by atoms with Gasteiger partial charge in [-0.05, 0) is 19.4 Å². The smallest absolute Gasteiger partial charge is 0.348 e. The van der Waals surface area contributed by atoms with Gasteiger partial charge in [0.05, 0.1) is 30.5 Å². The molecule has 0 aliphatic heterocycles. The zero-order valence-corrected chi connectivity index (χ0v) is 16.3. The molecule has 1 amide bonds. The number of nitrogens with one attached hydrogen (secondary N) is 1.